The maximum Gasteiger partial charge on any atom is 0.227 e. The Morgan fingerprint density at radius 2 is 2.17 bits per heavy atom. The van der Waals surface area contributed by atoms with Crippen molar-refractivity contribution >= 4 is 11.6 Å². The molecule has 0 saturated heterocycles. The van der Waals surface area contributed by atoms with Gasteiger partial charge < -0.3 is 10.4 Å². The first-order valence-electron chi connectivity index (χ1n) is 6.52. The highest BCUT2D eigenvalue weighted by Gasteiger charge is 2.31. The number of hydrogen-bond acceptors (Lipinski definition) is 3. The summed E-state index contributed by atoms with van der Waals surface area (Å²) in [5, 5.41) is 13.2. The third kappa shape index (κ3) is 3.29. The lowest BCUT2D eigenvalue weighted by molar-refractivity contribution is -0.122. The van der Waals surface area contributed by atoms with Crippen LogP contribution in [0.15, 0.2) is 18.5 Å². The van der Waals surface area contributed by atoms with Gasteiger partial charge in [0.2, 0.25) is 5.91 Å². The van der Waals surface area contributed by atoms with E-state index in [0.717, 1.165) is 43.4 Å². The zero-order chi connectivity index (χ0) is 13.0. The Kier molecular flexibility index (Phi) is 3.97. The van der Waals surface area contributed by atoms with Gasteiger partial charge in [0.1, 0.15) is 0 Å². The van der Waals surface area contributed by atoms with E-state index in [-0.39, 0.29) is 12.3 Å². The molecule has 0 bridgehead atoms. The van der Waals surface area contributed by atoms with Gasteiger partial charge in [0.05, 0.1) is 12.0 Å². The molecule has 0 aliphatic heterocycles. The van der Waals surface area contributed by atoms with Crippen molar-refractivity contribution in [2.75, 3.05) is 5.32 Å². The third-order valence-corrected chi connectivity index (χ3v) is 3.57. The van der Waals surface area contributed by atoms with Crippen molar-refractivity contribution in [1.82, 2.24) is 4.98 Å². The van der Waals surface area contributed by atoms with E-state index < -0.39 is 5.60 Å². The highest BCUT2D eigenvalue weighted by atomic mass is 16.3. The first kappa shape index (κ1) is 13.0. The highest BCUT2D eigenvalue weighted by Crippen LogP contribution is 2.31. The molecule has 1 heterocycles. The second kappa shape index (κ2) is 5.48. The van der Waals surface area contributed by atoms with Crippen molar-refractivity contribution < 1.29 is 9.90 Å². The van der Waals surface area contributed by atoms with Crippen LogP contribution in [0.25, 0.3) is 0 Å². The van der Waals surface area contributed by atoms with E-state index in [4.69, 9.17) is 0 Å². The molecule has 1 aromatic heterocycles. The van der Waals surface area contributed by atoms with Gasteiger partial charge in [-0.1, -0.05) is 19.3 Å². The molecule has 1 aromatic rings. The first-order chi connectivity index (χ1) is 8.59. The molecule has 0 aromatic carbocycles. The Morgan fingerprint density at radius 1 is 1.44 bits per heavy atom. The molecule has 0 atom stereocenters. The molecule has 0 spiro atoms. The summed E-state index contributed by atoms with van der Waals surface area (Å²) in [5.41, 5.74) is 0.902. The lowest BCUT2D eigenvalue weighted by Crippen LogP contribution is -2.36. The van der Waals surface area contributed by atoms with Gasteiger partial charge in [-0.05, 0) is 31.4 Å². The number of nitrogens with zero attached hydrogens (tertiary/aromatic N) is 1. The van der Waals surface area contributed by atoms with Crippen LogP contribution < -0.4 is 5.32 Å². The van der Waals surface area contributed by atoms with Crippen molar-refractivity contribution in [3.05, 3.63) is 24.0 Å². The zero-order valence-electron chi connectivity index (χ0n) is 10.8. The van der Waals surface area contributed by atoms with Crippen LogP contribution in [0.1, 0.15) is 44.1 Å². The second-order valence-corrected chi connectivity index (χ2v) is 5.20. The summed E-state index contributed by atoms with van der Waals surface area (Å²) in [6.07, 6.45) is 8.20. The van der Waals surface area contributed by atoms with Gasteiger partial charge in [0, 0.05) is 18.1 Å². The topological polar surface area (TPSA) is 62.2 Å². The lowest BCUT2D eigenvalue weighted by Gasteiger charge is -2.31. The van der Waals surface area contributed by atoms with E-state index in [1.807, 2.05) is 6.92 Å². The van der Waals surface area contributed by atoms with E-state index >= 15 is 0 Å². The summed E-state index contributed by atoms with van der Waals surface area (Å²) in [6.45, 7) is 1.90. The number of amides is 1. The minimum atomic E-state index is -0.802. The van der Waals surface area contributed by atoms with Gasteiger partial charge in [-0.3, -0.25) is 9.78 Å². The van der Waals surface area contributed by atoms with E-state index in [0.29, 0.717) is 0 Å². The molecular weight excluding hydrogens is 228 g/mol. The molecular formula is C14H20N2O2. The van der Waals surface area contributed by atoms with Crippen LogP contribution in [0.4, 0.5) is 5.69 Å². The van der Waals surface area contributed by atoms with Crippen LogP contribution in [0.2, 0.25) is 0 Å². The number of anilines is 1. The molecule has 4 nitrogen and oxygen atoms in total. The zero-order valence-corrected chi connectivity index (χ0v) is 10.8. The quantitative estimate of drug-likeness (QED) is 0.863. The molecule has 18 heavy (non-hydrogen) atoms. The summed E-state index contributed by atoms with van der Waals surface area (Å²) in [7, 11) is 0. The average Bonchev–Trinajstić information content (AvgIpc) is 2.32. The number of pyridine rings is 1. The number of aliphatic hydroxyl groups is 1. The van der Waals surface area contributed by atoms with Gasteiger partial charge in [-0.25, -0.2) is 0 Å². The summed E-state index contributed by atoms with van der Waals surface area (Å²) in [5.74, 6) is -0.117. The standard InChI is InChI=1S/C14H20N2O2/c1-11-10-15-8-5-12(11)16-13(17)9-14(18)6-3-2-4-7-14/h5,8,10,18H,2-4,6-7,9H2,1H3,(H,15,16,17). The van der Waals surface area contributed by atoms with Gasteiger partial charge in [0.15, 0.2) is 0 Å². The normalized spacial score (nSPS) is 18.3. The van der Waals surface area contributed by atoms with Crippen molar-refractivity contribution in [3.63, 3.8) is 0 Å². The number of aryl methyl sites for hydroxylation is 1. The monoisotopic (exact) mass is 248 g/mol. The molecule has 1 amide bonds. The first-order valence-corrected chi connectivity index (χ1v) is 6.52. The Hall–Kier alpha value is -1.42. The van der Waals surface area contributed by atoms with Crippen molar-refractivity contribution in [2.24, 2.45) is 0 Å². The van der Waals surface area contributed by atoms with Gasteiger partial charge in [-0.2, -0.15) is 0 Å². The smallest absolute Gasteiger partial charge is 0.227 e. The number of hydrogen-bond donors (Lipinski definition) is 2. The van der Waals surface area contributed by atoms with Crippen LogP contribution in [0.3, 0.4) is 0 Å². The van der Waals surface area contributed by atoms with Crippen LogP contribution >= 0.6 is 0 Å². The van der Waals surface area contributed by atoms with Crippen LogP contribution in [0.5, 0.6) is 0 Å². The maximum absolute atomic E-state index is 11.9. The number of carbonyl (C=O) groups excluding carboxylic acids is 1. The van der Waals surface area contributed by atoms with Gasteiger partial charge >= 0.3 is 0 Å². The molecule has 0 unspecified atom stereocenters. The predicted molar refractivity (Wildman–Crippen MR) is 70.3 cm³/mol. The van der Waals surface area contributed by atoms with Crippen LogP contribution in [-0.4, -0.2) is 21.6 Å². The average molecular weight is 248 g/mol. The van der Waals surface area contributed by atoms with Crippen LogP contribution in [-0.2, 0) is 4.79 Å². The minimum absolute atomic E-state index is 0.117. The fraction of sp³-hybridized carbons (Fsp3) is 0.571. The summed E-state index contributed by atoms with van der Waals surface area (Å²) < 4.78 is 0. The molecule has 2 rings (SSSR count). The third-order valence-electron chi connectivity index (χ3n) is 3.57. The number of aromatic nitrogens is 1. The minimum Gasteiger partial charge on any atom is -0.389 e. The number of rotatable bonds is 3. The van der Waals surface area contributed by atoms with E-state index in [1.165, 1.54) is 0 Å². The van der Waals surface area contributed by atoms with Crippen molar-refractivity contribution in [2.45, 2.75) is 51.0 Å². The largest absolute Gasteiger partial charge is 0.389 e. The van der Waals surface area contributed by atoms with E-state index in [9.17, 15) is 9.90 Å². The van der Waals surface area contributed by atoms with E-state index in [2.05, 4.69) is 10.3 Å². The SMILES string of the molecule is Cc1cnccc1NC(=O)CC1(O)CCCCC1. The summed E-state index contributed by atoms with van der Waals surface area (Å²) in [4.78, 5) is 15.9. The summed E-state index contributed by atoms with van der Waals surface area (Å²) >= 11 is 0. The molecule has 1 aliphatic rings. The Morgan fingerprint density at radius 3 is 2.83 bits per heavy atom. The fourth-order valence-electron chi connectivity index (χ4n) is 2.49. The molecule has 1 saturated carbocycles. The predicted octanol–water partition coefficient (Wildman–Crippen LogP) is 2.41. The Balaban J connectivity index is 1.94. The second-order valence-electron chi connectivity index (χ2n) is 5.20. The fourth-order valence-corrected chi connectivity index (χ4v) is 2.49. The molecule has 1 aliphatic carbocycles. The highest BCUT2D eigenvalue weighted by molar-refractivity contribution is 5.92. The van der Waals surface area contributed by atoms with Gasteiger partial charge in [-0.15, -0.1) is 0 Å². The van der Waals surface area contributed by atoms with Crippen molar-refractivity contribution in [3.8, 4) is 0 Å². The molecule has 98 valence electrons. The lowest BCUT2D eigenvalue weighted by atomic mass is 9.82. The maximum atomic E-state index is 11.9. The van der Waals surface area contributed by atoms with E-state index in [1.54, 1.807) is 18.5 Å². The molecule has 4 heteroatoms. The molecule has 1 fully saturated rings. The van der Waals surface area contributed by atoms with Gasteiger partial charge in [0.25, 0.3) is 0 Å². The molecule has 2 N–H and O–H groups in total. The van der Waals surface area contributed by atoms with Crippen LogP contribution in [0, 0.1) is 6.92 Å². The van der Waals surface area contributed by atoms with Crippen molar-refractivity contribution in [1.29, 1.82) is 0 Å². The number of nitrogens with one attached hydrogen (secondary N) is 1. The Labute approximate surface area is 107 Å². The number of carbonyl (C=O) groups is 1. The molecule has 0 radical (unpaired) electrons. The Bertz CT molecular complexity index is 426. The summed E-state index contributed by atoms with van der Waals surface area (Å²) in [6, 6.07) is 1.78.